The van der Waals surface area contributed by atoms with E-state index in [1.807, 2.05) is 0 Å². The molecule has 6 nitrogen and oxygen atoms in total. The third-order valence-electron chi connectivity index (χ3n) is 3.23. The van der Waals surface area contributed by atoms with E-state index in [2.05, 4.69) is 10.3 Å². The molecule has 0 radical (unpaired) electrons. The van der Waals surface area contributed by atoms with E-state index >= 15 is 0 Å². The lowest BCUT2D eigenvalue weighted by Crippen LogP contribution is -2.45. The molecule has 1 aliphatic heterocycles. The Labute approximate surface area is 110 Å². The van der Waals surface area contributed by atoms with E-state index in [1.54, 1.807) is 7.11 Å². The molecule has 1 aliphatic rings. The number of hydrogen-bond acceptors (Lipinski definition) is 5. The van der Waals surface area contributed by atoms with Gasteiger partial charge in [0, 0.05) is 32.9 Å². The number of rotatable bonds is 4. The number of amides is 1. The van der Waals surface area contributed by atoms with Gasteiger partial charge in [-0.15, -0.1) is 0 Å². The first-order chi connectivity index (χ1) is 9.08. The first kappa shape index (κ1) is 13.7. The number of nitrogens with two attached hydrogens (primary N) is 1. The largest absolute Gasteiger partial charge is 0.381 e. The normalized spacial score (nSPS) is 22.4. The number of carbonyl (C=O) groups excluding carboxylic acids is 1. The maximum Gasteiger partial charge on any atom is 0.254 e. The standard InChI is InChI=1S/C12H16FN3O3/c1-18-12(3-5-19-7-12)6-16-11(17)8-2-4-15-10(14)9(8)13/h2,4H,3,5-7H2,1H3,(H2,14,15)(H,16,17). The van der Waals surface area contributed by atoms with Gasteiger partial charge in [-0.2, -0.15) is 0 Å². The number of pyridine rings is 1. The van der Waals surface area contributed by atoms with E-state index in [0.717, 1.165) is 0 Å². The van der Waals surface area contributed by atoms with Gasteiger partial charge in [-0.05, 0) is 6.07 Å². The van der Waals surface area contributed by atoms with E-state index in [-0.39, 0.29) is 17.9 Å². The molecule has 2 heterocycles. The smallest absolute Gasteiger partial charge is 0.254 e. The molecule has 1 amide bonds. The Kier molecular flexibility index (Phi) is 3.96. The van der Waals surface area contributed by atoms with Gasteiger partial charge in [0.15, 0.2) is 11.6 Å². The molecule has 1 aromatic heterocycles. The van der Waals surface area contributed by atoms with Crippen LogP contribution in [0.3, 0.4) is 0 Å². The summed E-state index contributed by atoms with van der Waals surface area (Å²) in [5, 5.41) is 2.63. The van der Waals surface area contributed by atoms with Gasteiger partial charge in [0.2, 0.25) is 0 Å². The van der Waals surface area contributed by atoms with Crippen LogP contribution in [0.4, 0.5) is 10.2 Å². The zero-order valence-corrected chi connectivity index (χ0v) is 10.6. The molecule has 1 saturated heterocycles. The Hall–Kier alpha value is -1.73. The first-order valence-electron chi connectivity index (χ1n) is 5.89. The minimum atomic E-state index is -0.811. The summed E-state index contributed by atoms with van der Waals surface area (Å²) >= 11 is 0. The Bertz CT molecular complexity index is 475. The number of aromatic nitrogens is 1. The van der Waals surface area contributed by atoms with Crippen LogP contribution in [0.2, 0.25) is 0 Å². The van der Waals surface area contributed by atoms with Crippen molar-refractivity contribution < 1.29 is 18.7 Å². The summed E-state index contributed by atoms with van der Waals surface area (Å²) in [4.78, 5) is 15.5. The van der Waals surface area contributed by atoms with Crippen molar-refractivity contribution in [3.8, 4) is 0 Å². The van der Waals surface area contributed by atoms with Crippen LogP contribution in [0, 0.1) is 5.82 Å². The van der Waals surface area contributed by atoms with Gasteiger partial charge in [0.1, 0.15) is 5.60 Å². The summed E-state index contributed by atoms with van der Waals surface area (Å²) in [7, 11) is 1.56. The average Bonchev–Trinajstić information content (AvgIpc) is 2.89. The fourth-order valence-corrected chi connectivity index (χ4v) is 1.93. The number of ether oxygens (including phenoxy) is 2. The van der Waals surface area contributed by atoms with Crippen molar-refractivity contribution in [1.29, 1.82) is 0 Å². The zero-order chi connectivity index (χ0) is 13.9. The van der Waals surface area contributed by atoms with E-state index in [1.165, 1.54) is 12.3 Å². The highest BCUT2D eigenvalue weighted by molar-refractivity contribution is 5.95. The number of halogens is 1. The monoisotopic (exact) mass is 269 g/mol. The first-order valence-corrected chi connectivity index (χ1v) is 5.89. The second-order valence-corrected chi connectivity index (χ2v) is 4.43. The predicted octanol–water partition coefficient (Wildman–Crippen LogP) is 0.338. The Morgan fingerprint density at radius 3 is 3.16 bits per heavy atom. The molecular formula is C12H16FN3O3. The number of methoxy groups -OCH3 is 1. The van der Waals surface area contributed by atoms with E-state index < -0.39 is 17.3 Å². The second-order valence-electron chi connectivity index (χ2n) is 4.43. The minimum absolute atomic E-state index is 0.127. The topological polar surface area (TPSA) is 86.5 Å². The zero-order valence-electron chi connectivity index (χ0n) is 10.6. The second kappa shape index (κ2) is 5.50. The van der Waals surface area contributed by atoms with Crippen molar-refractivity contribution in [2.75, 3.05) is 32.6 Å². The summed E-state index contributed by atoms with van der Waals surface area (Å²) in [5.74, 6) is -1.65. The van der Waals surface area contributed by atoms with E-state index in [4.69, 9.17) is 15.2 Å². The molecule has 0 saturated carbocycles. The van der Waals surface area contributed by atoms with E-state index in [9.17, 15) is 9.18 Å². The van der Waals surface area contributed by atoms with Crippen molar-refractivity contribution >= 4 is 11.7 Å². The molecule has 0 aromatic carbocycles. The lowest BCUT2D eigenvalue weighted by atomic mass is 10.0. The molecule has 0 aliphatic carbocycles. The molecule has 19 heavy (non-hydrogen) atoms. The van der Waals surface area contributed by atoms with Crippen LogP contribution >= 0.6 is 0 Å². The number of nitrogen functional groups attached to an aromatic ring is 1. The third kappa shape index (κ3) is 2.82. The summed E-state index contributed by atoms with van der Waals surface area (Å²) < 4.78 is 24.2. The van der Waals surface area contributed by atoms with Crippen LogP contribution in [-0.2, 0) is 9.47 Å². The van der Waals surface area contributed by atoms with Gasteiger partial charge in [-0.3, -0.25) is 4.79 Å². The van der Waals surface area contributed by atoms with Gasteiger partial charge >= 0.3 is 0 Å². The predicted molar refractivity (Wildman–Crippen MR) is 66.1 cm³/mol. The summed E-state index contributed by atoms with van der Waals surface area (Å²) in [6, 6.07) is 1.28. The molecule has 7 heteroatoms. The van der Waals surface area contributed by atoms with Crippen LogP contribution in [0.15, 0.2) is 12.3 Å². The van der Waals surface area contributed by atoms with Crippen molar-refractivity contribution in [2.45, 2.75) is 12.0 Å². The van der Waals surface area contributed by atoms with Crippen LogP contribution in [-0.4, -0.2) is 43.4 Å². The highest BCUT2D eigenvalue weighted by Gasteiger charge is 2.35. The Morgan fingerprint density at radius 1 is 1.74 bits per heavy atom. The van der Waals surface area contributed by atoms with Crippen LogP contribution < -0.4 is 11.1 Å². The fraction of sp³-hybridized carbons (Fsp3) is 0.500. The molecule has 0 spiro atoms. The van der Waals surface area contributed by atoms with Gasteiger partial charge in [0.25, 0.3) is 5.91 Å². The van der Waals surface area contributed by atoms with Crippen molar-refractivity contribution in [1.82, 2.24) is 10.3 Å². The van der Waals surface area contributed by atoms with Crippen LogP contribution in [0.1, 0.15) is 16.8 Å². The minimum Gasteiger partial charge on any atom is -0.381 e. The summed E-state index contributed by atoms with van der Waals surface area (Å²) in [5.41, 5.74) is 4.65. The van der Waals surface area contributed by atoms with Gasteiger partial charge in [-0.1, -0.05) is 0 Å². The Morgan fingerprint density at radius 2 is 2.53 bits per heavy atom. The van der Waals surface area contributed by atoms with Gasteiger partial charge in [-0.25, -0.2) is 9.37 Å². The molecule has 1 atom stereocenters. The van der Waals surface area contributed by atoms with E-state index in [0.29, 0.717) is 19.6 Å². The molecule has 1 unspecified atom stereocenters. The SMILES string of the molecule is COC1(CNC(=O)c2ccnc(N)c2F)CCOC1. The lowest BCUT2D eigenvalue weighted by Gasteiger charge is -2.25. The Balaban J connectivity index is 2.03. The van der Waals surface area contributed by atoms with Crippen LogP contribution in [0.5, 0.6) is 0 Å². The number of nitrogens with one attached hydrogen (secondary N) is 1. The molecule has 0 bridgehead atoms. The van der Waals surface area contributed by atoms with Gasteiger partial charge < -0.3 is 20.5 Å². The van der Waals surface area contributed by atoms with Crippen molar-refractivity contribution in [3.63, 3.8) is 0 Å². The van der Waals surface area contributed by atoms with Crippen LogP contribution in [0.25, 0.3) is 0 Å². The number of anilines is 1. The van der Waals surface area contributed by atoms with Crippen molar-refractivity contribution in [3.05, 3.63) is 23.6 Å². The summed E-state index contributed by atoms with van der Waals surface area (Å²) in [6.45, 7) is 1.25. The average molecular weight is 269 g/mol. The summed E-state index contributed by atoms with van der Waals surface area (Å²) in [6.07, 6.45) is 1.98. The molecule has 104 valence electrons. The maximum atomic E-state index is 13.6. The molecular weight excluding hydrogens is 253 g/mol. The quantitative estimate of drug-likeness (QED) is 0.823. The molecule has 3 N–H and O–H groups in total. The number of carbonyl (C=O) groups is 1. The highest BCUT2D eigenvalue weighted by atomic mass is 19.1. The fourth-order valence-electron chi connectivity index (χ4n) is 1.93. The maximum absolute atomic E-state index is 13.6. The molecule has 1 aromatic rings. The number of nitrogens with zero attached hydrogens (tertiary/aromatic N) is 1. The van der Waals surface area contributed by atoms with Crippen molar-refractivity contribution in [2.24, 2.45) is 0 Å². The number of hydrogen-bond donors (Lipinski definition) is 2. The van der Waals surface area contributed by atoms with Gasteiger partial charge in [0.05, 0.1) is 12.2 Å². The lowest BCUT2D eigenvalue weighted by molar-refractivity contribution is -0.0149. The molecule has 2 rings (SSSR count). The molecule has 1 fully saturated rings. The third-order valence-corrected chi connectivity index (χ3v) is 3.23. The highest BCUT2D eigenvalue weighted by Crippen LogP contribution is 2.21.